The van der Waals surface area contributed by atoms with Gasteiger partial charge < -0.3 is 10.6 Å². The van der Waals surface area contributed by atoms with Gasteiger partial charge in [0.05, 0.1) is 5.69 Å². The maximum absolute atomic E-state index is 12.5. The van der Waals surface area contributed by atoms with Crippen molar-refractivity contribution in [3.8, 4) is 11.1 Å². The smallest absolute Gasteiger partial charge is 0.319 e. The van der Waals surface area contributed by atoms with Crippen LogP contribution >= 0.6 is 0 Å². The first kappa shape index (κ1) is 16.8. The summed E-state index contributed by atoms with van der Waals surface area (Å²) in [5.41, 5.74) is 4.57. The summed E-state index contributed by atoms with van der Waals surface area (Å²) in [6.45, 7) is 0. The highest BCUT2D eigenvalue weighted by molar-refractivity contribution is 6.09. The quantitative estimate of drug-likeness (QED) is 0.825. The molecule has 2 aromatic carbocycles. The molecule has 0 saturated heterocycles. The predicted molar refractivity (Wildman–Crippen MR) is 104 cm³/mol. The van der Waals surface area contributed by atoms with E-state index in [9.17, 15) is 9.59 Å². The summed E-state index contributed by atoms with van der Waals surface area (Å²) in [4.78, 5) is 24.9. The third kappa shape index (κ3) is 3.36. The van der Waals surface area contributed by atoms with Gasteiger partial charge in [0.2, 0.25) is 0 Å². The second-order valence-electron chi connectivity index (χ2n) is 7.24. The zero-order valence-corrected chi connectivity index (χ0v) is 14.9. The first-order valence-corrected chi connectivity index (χ1v) is 9.54. The molecule has 0 bridgehead atoms. The summed E-state index contributed by atoms with van der Waals surface area (Å²) in [6.07, 6.45) is 6.92. The number of carbonyl (C=O) groups excluding carboxylic acids is 2. The van der Waals surface area contributed by atoms with Crippen molar-refractivity contribution in [3.05, 3.63) is 53.6 Å². The van der Waals surface area contributed by atoms with E-state index in [-0.39, 0.29) is 17.9 Å². The van der Waals surface area contributed by atoms with Gasteiger partial charge in [-0.05, 0) is 42.0 Å². The van der Waals surface area contributed by atoms with Crippen molar-refractivity contribution >= 4 is 17.5 Å². The molecule has 2 aliphatic carbocycles. The largest absolute Gasteiger partial charge is 0.335 e. The molecule has 1 fully saturated rings. The average Bonchev–Trinajstić information content (AvgIpc) is 3.06. The molecule has 0 heterocycles. The Balaban J connectivity index is 1.58. The van der Waals surface area contributed by atoms with Crippen molar-refractivity contribution in [3.63, 3.8) is 0 Å². The number of amides is 2. The van der Waals surface area contributed by atoms with E-state index >= 15 is 0 Å². The molecule has 0 spiro atoms. The van der Waals surface area contributed by atoms with Crippen LogP contribution in [0.25, 0.3) is 11.1 Å². The Morgan fingerprint density at radius 1 is 0.923 bits per heavy atom. The minimum Gasteiger partial charge on any atom is -0.335 e. The normalized spacial score (nSPS) is 17.0. The SMILES string of the molecule is O=C(Nc1ccc(-c2ccccc2)c2c1C(=O)CC2)NC1CCCCC1. The van der Waals surface area contributed by atoms with Gasteiger partial charge in [-0.3, -0.25) is 4.79 Å². The van der Waals surface area contributed by atoms with Gasteiger partial charge in [-0.25, -0.2) is 4.79 Å². The van der Waals surface area contributed by atoms with Crippen LogP contribution in [0.5, 0.6) is 0 Å². The molecule has 2 amide bonds. The molecule has 2 N–H and O–H groups in total. The molecule has 2 aromatic rings. The predicted octanol–water partition coefficient (Wildman–Crippen LogP) is 4.94. The third-order valence-corrected chi connectivity index (χ3v) is 5.47. The Kier molecular flexibility index (Phi) is 4.74. The molecule has 4 rings (SSSR count). The second-order valence-corrected chi connectivity index (χ2v) is 7.24. The summed E-state index contributed by atoms with van der Waals surface area (Å²) >= 11 is 0. The van der Waals surface area contributed by atoms with Crippen LogP contribution < -0.4 is 10.6 Å². The van der Waals surface area contributed by atoms with Gasteiger partial charge >= 0.3 is 6.03 Å². The summed E-state index contributed by atoms with van der Waals surface area (Å²) in [6, 6.07) is 14.0. The van der Waals surface area contributed by atoms with Gasteiger partial charge in [0.25, 0.3) is 0 Å². The lowest BCUT2D eigenvalue weighted by Crippen LogP contribution is -2.39. The number of carbonyl (C=O) groups is 2. The number of ketones is 1. The number of anilines is 1. The molecule has 0 unspecified atom stereocenters. The molecular weight excluding hydrogens is 324 g/mol. The molecule has 2 aliphatic rings. The number of nitrogens with one attached hydrogen (secondary N) is 2. The first-order valence-electron chi connectivity index (χ1n) is 9.54. The van der Waals surface area contributed by atoms with Gasteiger partial charge in [0, 0.05) is 18.0 Å². The van der Waals surface area contributed by atoms with Crippen LogP contribution in [0.15, 0.2) is 42.5 Å². The average molecular weight is 348 g/mol. The van der Waals surface area contributed by atoms with E-state index < -0.39 is 0 Å². The van der Waals surface area contributed by atoms with Crippen molar-refractivity contribution in [1.82, 2.24) is 5.32 Å². The summed E-state index contributed by atoms with van der Waals surface area (Å²) in [5.74, 6) is 0.116. The van der Waals surface area contributed by atoms with Crippen LogP contribution in [0, 0.1) is 0 Å². The fraction of sp³-hybridized carbons (Fsp3) is 0.364. The standard InChI is InChI=1S/C22H24N2O2/c25-20-14-12-18-17(15-7-3-1-4-8-15)11-13-19(21(18)20)24-22(26)23-16-9-5-2-6-10-16/h1,3-4,7-8,11,13,16H,2,5-6,9-10,12,14H2,(H2,23,24,26). The lowest BCUT2D eigenvalue weighted by molar-refractivity contribution is 0.0995. The van der Waals surface area contributed by atoms with Gasteiger partial charge in [0.1, 0.15) is 0 Å². The molecule has 0 aromatic heterocycles. The molecule has 4 heteroatoms. The molecule has 0 aliphatic heterocycles. The number of rotatable bonds is 3. The van der Waals surface area contributed by atoms with Crippen molar-refractivity contribution in [2.45, 2.75) is 51.0 Å². The molecule has 0 atom stereocenters. The summed E-state index contributed by atoms with van der Waals surface area (Å²) in [5, 5.41) is 5.99. The van der Waals surface area contributed by atoms with E-state index in [1.165, 1.54) is 19.3 Å². The highest BCUT2D eigenvalue weighted by Gasteiger charge is 2.27. The van der Waals surface area contributed by atoms with Crippen molar-refractivity contribution < 1.29 is 9.59 Å². The first-order chi connectivity index (χ1) is 12.7. The Hall–Kier alpha value is -2.62. The maximum atomic E-state index is 12.5. The van der Waals surface area contributed by atoms with Crippen molar-refractivity contribution in [1.29, 1.82) is 0 Å². The number of hydrogen-bond donors (Lipinski definition) is 2. The monoisotopic (exact) mass is 348 g/mol. The fourth-order valence-corrected chi connectivity index (χ4v) is 4.17. The zero-order chi connectivity index (χ0) is 17.9. The van der Waals surface area contributed by atoms with E-state index in [0.717, 1.165) is 36.0 Å². The zero-order valence-electron chi connectivity index (χ0n) is 14.9. The van der Waals surface area contributed by atoms with E-state index in [0.29, 0.717) is 17.7 Å². The van der Waals surface area contributed by atoms with Crippen LogP contribution in [0.4, 0.5) is 10.5 Å². The van der Waals surface area contributed by atoms with Gasteiger partial charge in [-0.1, -0.05) is 55.7 Å². The van der Waals surface area contributed by atoms with E-state index in [1.807, 2.05) is 30.3 Å². The number of urea groups is 1. The van der Waals surface area contributed by atoms with Crippen LogP contribution in [-0.4, -0.2) is 17.9 Å². The summed E-state index contributed by atoms with van der Waals surface area (Å²) in [7, 11) is 0. The van der Waals surface area contributed by atoms with Crippen LogP contribution in [0.2, 0.25) is 0 Å². The number of fused-ring (bicyclic) bond motifs is 1. The highest BCUT2D eigenvalue weighted by atomic mass is 16.2. The Bertz CT molecular complexity index is 824. The topological polar surface area (TPSA) is 58.2 Å². The van der Waals surface area contributed by atoms with Gasteiger partial charge in [0.15, 0.2) is 5.78 Å². The van der Waals surface area contributed by atoms with Crippen molar-refractivity contribution in [2.24, 2.45) is 0 Å². The third-order valence-electron chi connectivity index (χ3n) is 5.47. The Morgan fingerprint density at radius 3 is 2.46 bits per heavy atom. The molecule has 134 valence electrons. The van der Waals surface area contributed by atoms with Crippen LogP contribution in [0.1, 0.15) is 54.4 Å². The lowest BCUT2D eigenvalue weighted by Gasteiger charge is -2.23. The minimum atomic E-state index is -0.203. The highest BCUT2D eigenvalue weighted by Crippen LogP contribution is 2.36. The number of benzene rings is 2. The van der Waals surface area contributed by atoms with E-state index in [1.54, 1.807) is 0 Å². The van der Waals surface area contributed by atoms with E-state index in [2.05, 4.69) is 22.8 Å². The molecule has 1 saturated carbocycles. The lowest BCUT2D eigenvalue weighted by atomic mass is 9.95. The maximum Gasteiger partial charge on any atom is 0.319 e. The van der Waals surface area contributed by atoms with Crippen LogP contribution in [-0.2, 0) is 6.42 Å². The fourth-order valence-electron chi connectivity index (χ4n) is 4.17. The van der Waals surface area contributed by atoms with Crippen LogP contribution in [0.3, 0.4) is 0 Å². The van der Waals surface area contributed by atoms with Gasteiger partial charge in [-0.2, -0.15) is 0 Å². The Morgan fingerprint density at radius 2 is 1.69 bits per heavy atom. The number of hydrogen-bond acceptors (Lipinski definition) is 2. The molecule has 26 heavy (non-hydrogen) atoms. The second kappa shape index (κ2) is 7.32. The minimum absolute atomic E-state index is 0.116. The van der Waals surface area contributed by atoms with Crippen molar-refractivity contribution in [2.75, 3.05) is 5.32 Å². The Labute approximate surface area is 154 Å². The van der Waals surface area contributed by atoms with E-state index in [4.69, 9.17) is 0 Å². The number of Topliss-reactive ketones (excluding diaryl/α,β-unsaturated/α-hetero) is 1. The summed E-state index contributed by atoms with van der Waals surface area (Å²) < 4.78 is 0. The van der Waals surface area contributed by atoms with Gasteiger partial charge in [-0.15, -0.1) is 0 Å². The molecule has 0 radical (unpaired) electrons. The molecular formula is C22H24N2O2. The molecule has 4 nitrogen and oxygen atoms in total.